The number of imidazole rings is 1. The number of amides is 1. The van der Waals surface area contributed by atoms with Crippen molar-refractivity contribution in [3.63, 3.8) is 0 Å². The average Bonchev–Trinajstić information content (AvgIpc) is 3.23. The van der Waals surface area contributed by atoms with E-state index < -0.39 is 0 Å². The molecule has 9 heteroatoms. The van der Waals surface area contributed by atoms with Crippen LogP contribution in [0.25, 0.3) is 11.0 Å². The Morgan fingerprint density at radius 3 is 2.54 bits per heavy atom. The summed E-state index contributed by atoms with van der Waals surface area (Å²) in [6.07, 6.45) is 5.77. The van der Waals surface area contributed by atoms with Gasteiger partial charge in [-0.1, -0.05) is 0 Å². The van der Waals surface area contributed by atoms with E-state index in [-0.39, 0.29) is 11.7 Å². The molecular formula is C28H25FN6O2. The number of nitrogens with one attached hydrogen (secondary N) is 1. The van der Waals surface area contributed by atoms with Crippen molar-refractivity contribution in [3.05, 3.63) is 102 Å². The largest absolute Gasteiger partial charge is 0.457 e. The van der Waals surface area contributed by atoms with E-state index in [9.17, 15) is 9.18 Å². The molecule has 3 aromatic heterocycles. The molecule has 5 aromatic rings. The van der Waals surface area contributed by atoms with Gasteiger partial charge in [0.25, 0.3) is 5.91 Å². The minimum atomic E-state index is -0.296. The Bertz CT molecular complexity index is 1540. The molecule has 0 saturated carbocycles. The van der Waals surface area contributed by atoms with Crippen LogP contribution in [0.1, 0.15) is 16.1 Å². The van der Waals surface area contributed by atoms with Crippen LogP contribution in [0.5, 0.6) is 11.5 Å². The second kappa shape index (κ2) is 10.4. The van der Waals surface area contributed by atoms with Crippen molar-refractivity contribution in [1.82, 2.24) is 24.4 Å². The molecule has 2 aromatic carbocycles. The van der Waals surface area contributed by atoms with Crippen LogP contribution in [-0.4, -0.2) is 43.9 Å². The summed E-state index contributed by atoms with van der Waals surface area (Å²) in [5, 5.41) is 3.20. The molecule has 0 unspecified atom stereocenters. The molecule has 37 heavy (non-hydrogen) atoms. The number of carbonyl (C=O) groups excluding carboxylic acids is 1. The Balaban J connectivity index is 1.28. The first-order valence-corrected chi connectivity index (χ1v) is 11.7. The second-order valence-corrected chi connectivity index (χ2v) is 8.59. The number of nitrogens with zero attached hydrogens (tertiary/aromatic N) is 5. The highest BCUT2D eigenvalue weighted by Crippen LogP contribution is 2.28. The maximum absolute atomic E-state index is 13.2. The van der Waals surface area contributed by atoms with Gasteiger partial charge in [0, 0.05) is 57.1 Å². The molecule has 0 fully saturated rings. The number of likely N-dealkylation sites (N-methyl/N-ethyl adjacent to an activating group) is 1. The van der Waals surface area contributed by atoms with Crippen molar-refractivity contribution in [1.29, 1.82) is 0 Å². The van der Waals surface area contributed by atoms with Crippen LogP contribution in [0.3, 0.4) is 0 Å². The summed E-state index contributed by atoms with van der Waals surface area (Å²) in [6, 6.07) is 18.9. The zero-order chi connectivity index (χ0) is 25.8. The molecule has 186 valence electrons. The van der Waals surface area contributed by atoms with Crippen molar-refractivity contribution < 1.29 is 13.9 Å². The van der Waals surface area contributed by atoms with Crippen LogP contribution in [0.2, 0.25) is 0 Å². The summed E-state index contributed by atoms with van der Waals surface area (Å²) >= 11 is 0. The topological polar surface area (TPSA) is 85.2 Å². The van der Waals surface area contributed by atoms with E-state index in [2.05, 4.69) is 20.3 Å². The predicted molar refractivity (Wildman–Crippen MR) is 140 cm³/mol. The lowest BCUT2D eigenvalue weighted by Crippen LogP contribution is -2.29. The van der Waals surface area contributed by atoms with Gasteiger partial charge in [0.15, 0.2) is 0 Å². The van der Waals surface area contributed by atoms with Crippen molar-refractivity contribution >= 4 is 28.6 Å². The standard InChI is InChI=1S/C28H25FN6O2/c1-34(16-12-19-9-13-30-14-10-19)27(36)25-18-23(11-15-31-25)37-22-7-8-26-24(17-22)33-28(35(26)2)32-21-5-3-20(29)4-6-21/h3-11,13-15,17-18H,12,16H2,1-2H3,(H,32,33). The van der Waals surface area contributed by atoms with Gasteiger partial charge in [0.1, 0.15) is 23.0 Å². The normalized spacial score (nSPS) is 10.9. The number of hydrogen-bond acceptors (Lipinski definition) is 6. The Labute approximate surface area is 213 Å². The number of ether oxygens (including phenoxy) is 1. The van der Waals surface area contributed by atoms with E-state index in [1.54, 1.807) is 54.8 Å². The van der Waals surface area contributed by atoms with Gasteiger partial charge in [-0.2, -0.15) is 0 Å². The van der Waals surface area contributed by atoms with Gasteiger partial charge in [-0.3, -0.25) is 14.8 Å². The van der Waals surface area contributed by atoms with Gasteiger partial charge in [-0.15, -0.1) is 0 Å². The third kappa shape index (κ3) is 5.56. The zero-order valence-electron chi connectivity index (χ0n) is 20.4. The molecule has 0 aliphatic heterocycles. The lowest BCUT2D eigenvalue weighted by molar-refractivity contribution is 0.0790. The van der Waals surface area contributed by atoms with E-state index >= 15 is 0 Å². The predicted octanol–water partition coefficient (Wildman–Crippen LogP) is 5.35. The van der Waals surface area contributed by atoms with E-state index in [0.717, 1.165) is 28.7 Å². The van der Waals surface area contributed by atoms with Crippen LogP contribution in [0.15, 0.2) is 85.3 Å². The van der Waals surface area contributed by atoms with E-state index in [1.807, 2.05) is 41.9 Å². The molecule has 0 aliphatic rings. The Kier molecular flexibility index (Phi) is 6.76. The molecule has 3 heterocycles. The van der Waals surface area contributed by atoms with E-state index in [0.29, 0.717) is 29.7 Å². The smallest absolute Gasteiger partial charge is 0.272 e. The monoisotopic (exact) mass is 496 g/mol. The van der Waals surface area contributed by atoms with Crippen molar-refractivity contribution in [3.8, 4) is 11.5 Å². The molecule has 1 N–H and O–H groups in total. The van der Waals surface area contributed by atoms with E-state index in [4.69, 9.17) is 4.74 Å². The fourth-order valence-corrected chi connectivity index (χ4v) is 3.89. The Morgan fingerprint density at radius 1 is 1.00 bits per heavy atom. The summed E-state index contributed by atoms with van der Waals surface area (Å²) in [4.78, 5) is 27.5. The van der Waals surface area contributed by atoms with Crippen LogP contribution in [-0.2, 0) is 13.5 Å². The molecule has 5 rings (SSSR count). The van der Waals surface area contributed by atoms with Crippen LogP contribution < -0.4 is 10.1 Å². The molecule has 1 amide bonds. The summed E-state index contributed by atoms with van der Waals surface area (Å²) in [5.41, 5.74) is 3.78. The number of benzene rings is 2. The third-order valence-corrected chi connectivity index (χ3v) is 5.97. The number of halogens is 1. The molecular weight excluding hydrogens is 471 g/mol. The summed E-state index contributed by atoms with van der Waals surface area (Å²) in [7, 11) is 3.65. The number of aromatic nitrogens is 4. The number of hydrogen-bond donors (Lipinski definition) is 1. The zero-order valence-corrected chi connectivity index (χ0v) is 20.4. The van der Waals surface area contributed by atoms with Gasteiger partial charge in [0.2, 0.25) is 5.95 Å². The summed E-state index contributed by atoms with van der Waals surface area (Å²) in [6.45, 7) is 0.556. The maximum atomic E-state index is 13.2. The van der Waals surface area contributed by atoms with Gasteiger partial charge >= 0.3 is 0 Å². The molecule has 8 nitrogen and oxygen atoms in total. The lowest BCUT2D eigenvalue weighted by atomic mass is 10.2. The first kappa shape index (κ1) is 23.9. The molecule has 0 radical (unpaired) electrons. The number of carbonyl (C=O) groups is 1. The number of aryl methyl sites for hydroxylation is 1. The van der Waals surface area contributed by atoms with Crippen LogP contribution in [0, 0.1) is 5.82 Å². The molecule has 0 saturated heterocycles. The van der Waals surface area contributed by atoms with Crippen molar-refractivity contribution in [2.75, 3.05) is 18.9 Å². The second-order valence-electron chi connectivity index (χ2n) is 8.59. The Morgan fingerprint density at radius 2 is 1.76 bits per heavy atom. The first-order valence-electron chi connectivity index (χ1n) is 11.7. The number of fused-ring (bicyclic) bond motifs is 1. The minimum absolute atomic E-state index is 0.184. The fourth-order valence-electron chi connectivity index (χ4n) is 3.89. The number of pyridine rings is 2. The average molecular weight is 497 g/mol. The fraction of sp³-hybridized carbons (Fsp3) is 0.143. The summed E-state index contributed by atoms with van der Waals surface area (Å²) in [5.74, 6) is 1.21. The molecule has 0 aliphatic carbocycles. The van der Waals surface area contributed by atoms with Crippen LogP contribution in [0.4, 0.5) is 16.0 Å². The minimum Gasteiger partial charge on any atom is -0.457 e. The van der Waals surface area contributed by atoms with Crippen molar-refractivity contribution in [2.45, 2.75) is 6.42 Å². The van der Waals surface area contributed by atoms with Crippen LogP contribution >= 0.6 is 0 Å². The van der Waals surface area contributed by atoms with E-state index in [1.165, 1.54) is 12.1 Å². The third-order valence-electron chi connectivity index (χ3n) is 5.97. The van der Waals surface area contributed by atoms with Gasteiger partial charge in [-0.25, -0.2) is 9.37 Å². The Hall–Kier alpha value is -4.79. The quantitative estimate of drug-likeness (QED) is 0.312. The summed E-state index contributed by atoms with van der Waals surface area (Å²) < 4.78 is 21.2. The lowest BCUT2D eigenvalue weighted by Gasteiger charge is -2.17. The molecule has 0 bridgehead atoms. The maximum Gasteiger partial charge on any atom is 0.272 e. The highest BCUT2D eigenvalue weighted by molar-refractivity contribution is 5.92. The highest BCUT2D eigenvalue weighted by Gasteiger charge is 2.15. The highest BCUT2D eigenvalue weighted by atomic mass is 19.1. The SMILES string of the molecule is CN(CCc1ccncc1)C(=O)c1cc(Oc2ccc3c(c2)nc(Nc2ccc(F)cc2)n3C)ccn1. The van der Waals surface area contributed by atoms with Gasteiger partial charge in [0.05, 0.1) is 11.0 Å². The van der Waals surface area contributed by atoms with Gasteiger partial charge < -0.3 is 19.5 Å². The number of rotatable bonds is 8. The number of anilines is 2. The molecule has 0 spiro atoms. The first-order chi connectivity index (χ1) is 18.0. The van der Waals surface area contributed by atoms with Gasteiger partial charge in [-0.05, 0) is 66.6 Å². The van der Waals surface area contributed by atoms with Crippen molar-refractivity contribution in [2.24, 2.45) is 7.05 Å². The molecule has 0 atom stereocenters.